The third kappa shape index (κ3) is 4.77. The molecule has 3 nitrogen and oxygen atoms in total. The second-order valence-corrected chi connectivity index (χ2v) is 5.41. The first-order chi connectivity index (χ1) is 7.59. The highest BCUT2D eigenvalue weighted by atomic mass is 32.1. The van der Waals surface area contributed by atoms with Crippen LogP contribution in [0, 0.1) is 11.8 Å². The minimum absolute atomic E-state index is 0.278. The van der Waals surface area contributed by atoms with Crippen LogP contribution in [0.3, 0.4) is 0 Å². The fourth-order valence-electron chi connectivity index (χ4n) is 1.62. The lowest BCUT2D eigenvalue weighted by molar-refractivity contribution is -0.142. The smallest absolute Gasteiger partial charge is 0.307 e. The standard InChI is InChI=1S/C12H19NO2S/c1-9(2)6-10(12(14)15)7-13-8-11-4-3-5-16-11/h3-5,9-10,13H,6-8H2,1-2H3,(H,14,15). The molecule has 0 aliphatic carbocycles. The van der Waals surface area contributed by atoms with Gasteiger partial charge in [0.2, 0.25) is 0 Å². The van der Waals surface area contributed by atoms with Gasteiger partial charge < -0.3 is 10.4 Å². The van der Waals surface area contributed by atoms with E-state index >= 15 is 0 Å². The number of carboxylic acid groups (broad SMARTS) is 1. The average molecular weight is 241 g/mol. The number of carbonyl (C=O) groups is 1. The summed E-state index contributed by atoms with van der Waals surface area (Å²) in [6.45, 7) is 5.41. The van der Waals surface area contributed by atoms with Crippen LogP contribution in [0.1, 0.15) is 25.1 Å². The predicted molar refractivity (Wildman–Crippen MR) is 66.6 cm³/mol. The van der Waals surface area contributed by atoms with E-state index in [1.807, 2.05) is 11.4 Å². The van der Waals surface area contributed by atoms with Crippen molar-refractivity contribution in [2.24, 2.45) is 11.8 Å². The van der Waals surface area contributed by atoms with E-state index in [1.165, 1.54) is 4.88 Å². The van der Waals surface area contributed by atoms with Crippen LogP contribution in [0.4, 0.5) is 0 Å². The summed E-state index contributed by atoms with van der Waals surface area (Å²) >= 11 is 1.69. The summed E-state index contributed by atoms with van der Waals surface area (Å²) in [5.41, 5.74) is 0. The van der Waals surface area contributed by atoms with E-state index < -0.39 is 5.97 Å². The second-order valence-electron chi connectivity index (χ2n) is 4.37. The zero-order valence-electron chi connectivity index (χ0n) is 9.77. The molecule has 0 bridgehead atoms. The second kappa shape index (κ2) is 6.66. The molecule has 0 amide bonds. The van der Waals surface area contributed by atoms with Gasteiger partial charge in [-0.05, 0) is 23.8 Å². The molecule has 0 fully saturated rings. The van der Waals surface area contributed by atoms with Crippen LogP contribution in [0.25, 0.3) is 0 Å². The molecule has 0 saturated heterocycles. The highest BCUT2D eigenvalue weighted by Gasteiger charge is 2.18. The van der Waals surface area contributed by atoms with E-state index in [4.69, 9.17) is 5.11 Å². The number of thiophene rings is 1. The lowest BCUT2D eigenvalue weighted by Gasteiger charge is -2.14. The van der Waals surface area contributed by atoms with E-state index in [0.717, 1.165) is 13.0 Å². The van der Waals surface area contributed by atoms with Crippen LogP contribution in [0.2, 0.25) is 0 Å². The summed E-state index contributed by atoms with van der Waals surface area (Å²) in [4.78, 5) is 12.2. The van der Waals surface area contributed by atoms with Crippen molar-refractivity contribution in [3.8, 4) is 0 Å². The number of aliphatic carboxylic acids is 1. The monoisotopic (exact) mass is 241 g/mol. The molecule has 1 atom stereocenters. The number of hydrogen-bond donors (Lipinski definition) is 2. The summed E-state index contributed by atoms with van der Waals surface area (Å²) in [6.07, 6.45) is 0.729. The van der Waals surface area contributed by atoms with E-state index in [9.17, 15) is 4.79 Å². The summed E-state index contributed by atoms with van der Waals surface area (Å²) in [7, 11) is 0. The normalized spacial score (nSPS) is 12.9. The highest BCUT2D eigenvalue weighted by molar-refractivity contribution is 7.09. The van der Waals surface area contributed by atoms with Gasteiger partial charge >= 0.3 is 5.97 Å². The molecule has 0 spiro atoms. The zero-order valence-corrected chi connectivity index (χ0v) is 10.6. The Bertz CT molecular complexity index is 309. The Kier molecular flexibility index (Phi) is 5.49. The van der Waals surface area contributed by atoms with Crippen molar-refractivity contribution in [1.82, 2.24) is 5.32 Å². The largest absolute Gasteiger partial charge is 0.481 e. The lowest BCUT2D eigenvalue weighted by Crippen LogP contribution is -2.29. The number of hydrogen-bond acceptors (Lipinski definition) is 3. The Balaban J connectivity index is 2.30. The SMILES string of the molecule is CC(C)CC(CNCc1cccs1)C(=O)O. The van der Waals surface area contributed by atoms with Gasteiger partial charge in [-0.3, -0.25) is 4.79 Å². The van der Waals surface area contributed by atoms with Crippen molar-refractivity contribution in [3.05, 3.63) is 22.4 Å². The molecule has 2 N–H and O–H groups in total. The van der Waals surface area contributed by atoms with Crippen LogP contribution in [0.15, 0.2) is 17.5 Å². The van der Waals surface area contributed by atoms with Gasteiger partial charge in [-0.2, -0.15) is 0 Å². The maximum Gasteiger partial charge on any atom is 0.307 e. The molecule has 0 saturated carbocycles. The van der Waals surface area contributed by atoms with Crippen LogP contribution >= 0.6 is 11.3 Å². The van der Waals surface area contributed by atoms with Gasteiger partial charge in [-0.15, -0.1) is 11.3 Å². The van der Waals surface area contributed by atoms with E-state index in [0.29, 0.717) is 12.5 Å². The van der Waals surface area contributed by atoms with Crippen molar-refractivity contribution in [1.29, 1.82) is 0 Å². The van der Waals surface area contributed by atoms with E-state index in [-0.39, 0.29) is 5.92 Å². The molecule has 0 radical (unpaired) electrons. The van der Waals surface area contributed by atoms with Gasteiger partial charge in [0.1, 0.15) is 0 Å². The Morgan fingerprint density at radius 1 is 1.56 bits per heavy atom. The Labute approximate surface area is 100 Å². The van der Waals surface area contributed by atoms with Gasteiger partial charge in [-0.1, -0.05) is 19.9 Å². The fourth-order valence-corrected chi connectivity index (χ4v) is 2.30. The predicted octanol–water partition coefficient (Wildman–Crippen LogP) is 2.58. The maximum atomic E-state index is 11.0. The first kappa shape index (κ1) is 13.2. The topological polar surface area (TPSA) is 49.3 Å². The third-order valence-corrected chi connectivity index (χ3v) is 3.25. The Morgan fingerprint density at radius 2 is 2.31 bits per heavy atom. The maximum absolute atomic E-state index is 11.0. The quantitative estimate of drug-likeness (QED) is 0.771. The van der Waals surface area contributed by atoms with Gasteiger partial charge in [-0.25, -0.2) is 0 Å². The van der Waals surface area contributed by atoms with Gasteiger partial charge in [0.15, 0.2) is 0 Å². The molecule has 1 aromatic heterocycles. The lowest BCUT2D eigenvalue weighted by atomic mass is 9.97. The van der Waals surface area contributed by atoms with Crippen LogP contribution in [-0.4, -0.2) is 17.6 Å². The molecule has 0 aliphatic rings. The number of nitrogens with one attached hydrogen (secondary N) is 1. The first-order valence-corrected chi connectivity index (χ1v) is 6.43. The molecule has 16 heavy (non-hydrogen) atoms. The molecule has 90 valence electrons. The molecular weight excluding hydrogens is 222 g/mol. The molecule has 4 heteroatoms. The van der Waals surface area contributed by atoms with Crippen LogP contribution < -0.4 is 5.32 Å². The Morgan fingerprint density at radius 3 is 2.81 bits per heavy atom. The molecule has 1 rings (SSSR count). The van der Waals surface area contributed by atoms with Crippen molar-refractivity contribution < 1.29 is 9.90 Å². The molecule has 0 aliphatic heterocycles. The first-order valence-electron chi connectivity index (χ1n) is 5.55. The third-order valence-electron chi connectivity index (χ3n) is 2.38. The van der Waals surface area contributed by atoms with Crippen molar-refractivity contribution >= 4 is 17.3 Å². The van der Waals surface area contributed by atoms with E-state index in [1.54, 1.807) is 11.3 Å². The number of rotatable bonds is 7. The molecule has 1 heterocycles. The van der Waals surface area contributed by atoms with Crippen molar-refractivity contribution in [2.45, 2.75) is 26.8 Å². The zero-order chi connectivity index (χ0) is 12.0. The van der Waals surface area contributed by atoms with Crippen LogP contribution in [-0.2, 0) is 11.3 Å². The van der Waals surface area contributed by atoms with Gasteiger partial charge in [0.25, 0.3) is 0 Å². The minimum Gasteiger partial charge on any atom is -0.481 e. The highest BCUT2D eigenvalue weighted by Crippen LogP contribution is 2.12. The average Bonchev–Trinajstić information content (AvgIpc) is 2.68. The van der Waals surface area contributed by atoms with Crippen molar-refractivity contribution in [3.63, 3.8) is 0 Å². The fraction of sp³-hybridized carbons (Fsp3) is 0.583. The van der Waals surface area contributed by atoms with Gasteiger partial charge in [0.05, 0.1) is 5.92 Å². The van der Waals surface area contributed by atoms with Crippen molar-refractivity contribution in [2.75, 3.05) is 6.54 Å². The molecule has 1 unspecified atom stereocenters. The van der Waals surface area contributed by atoms with Gasteiger partial charge in [0, 0.05) is 18.0 Å². The summed E-state index contributed by atoms with van der Waals surface area (Å²) in [5.74, 6) is -0.558. The summed E-state index contributed by atoms with van der Waals surface area (Å²) in [5, 5.41) is 14.3. The summed E-state index contributed by atoms with van der Waals surface area (Å²) < 4.78 is 0. The molecule has 1 aromatic rings. The minimum atomic E-state index is -0.702. The molecule has 0 aromatic carbocycles. The van der Waals surface area contributed by atoms with E-state index in [2.05, 4.69) is 25.2 Å². The Hall–Kier alpha value is -0.870. The molecular formula is C12H19NO2S. The van der Waals surface area contributed by atoms with Crippen LogP contribution in [0.5, 0.6) is 0 Å². The summed E-state index contributed by atoms with van der Waals surface area (Å²) in [6, 6.07) is 4.06. The number of carboxylic acids is 1.